The van der Waals surface area contributed by atoms with Crippen LogP contribution in [0.4, 0.5) is 0 Å². The fraction of sp³-hybridized carbons (Fsp3) is 0.240. The number of carbonyl (C=O) groups excluding carboxylic acids is 1. The quantitative estimate of drug-likeness (QED) is 0.466. The molecule has 144 valence electrons. The summed E-state index contributed by atoms with van der Waals surface area (Å²) in [4.78, 5) is 11.4. The lowest BCUT2D eigenvalue weighted by molar-refractivity contribution is -0.147. The number of rotatable bonds is 8. The van der Waals surface area contributed by atoms with Crippen molar-refractivity contribution >= 4 is 5.97 Å². The standard InChI is InChI=1S/C25H26O3/c1-3-25(26)28-19(2)17-20-9-11-22(12-10-20)23-13-15-24(16-14-23)27-18-21-7-5-4-6-8-21/h4-16,19H,3,17-18H2,1-2H3. The highest BCUT2D eigenvalue weighted by atomic mass is 16.5. The molecular weight excluding hydrogens is 348 g/mol. The van der Waals surface area contributed by atoms with E-state index in [0.29, 0.717) is 13.0 Å². The lowest BCUT2D eigenvalue weighted by Gasteiger charge is -2.13. The van der Waals surface area contributed by atoms with E-state index in [1.165, 1.54) is 0 Å². The molecule has 0 radical (unpaired) electrons. The van der Waals surface area contributed by atoms with Gasteiger partial charge >= 0.3 is 5.97 Å². The van der Waals surface area contributed by atoms with Gasteiger partial charge in [-0.15, -0.1) is 0 Å². The van der Waals surface area contributed by atoms with Crippen molar-refractivity contribution in [3.8, 4) is 16.9 Å². The normalized spacial score (nSPS) is 11.6. The number of hydrogen-bond acceptors (Lipinski definition) is 3. The first kappa shape index (κ1) is 19.7. The predicted octanol–water partition coefficient (Wildman–Crippen LogP) is 5.82. The van der Waals surface area contributed by atoms with Crippen molar-refractivity contribution in [1.82, 2.24) is 0 Å². The number of carbonyl (C=O) groups is 1. The molecule has 1 atom stereocenters. The molecule has 0 aliphatic heterocycles. The molecule has 3 heteroatoms. The van der Waals surface area contributed by atoms with Crippen LogP contribution in [0.5, 0.6) is 5.75 Å². The zero-order valence-electron chi connectivity index (χ0n) is 16.4. The molecule has 28 heavy (non-hydrogen) atoms. The monoisotopic (exact) mass is 374 g/mol. The Morgan fingerprint density at radius 2 is 1.43 bits per heavy atom. The third-order valence-corrected chi connectivity index (χ3v) is 4.53. The second-order valence-corrected chi connectivity index (χ2v) is 6.85. The van der Waals surface area contributed by atoms with Crippen molar-refractivity contribution in [1.29, 1.82) is 0 Å². The first-order valence-electron chi connectivity index (χ1n) is 9.69. The molecule has 0 amide bonds. The molecule has 0 saturated carbocycles. The van der Waals surface area contributed by atoms with E-state index in [2.05, 4.69) is 48.5 Å². The van der Waals surface area contributed by atoms with Crippen molar-refractivity contribution in [3.63, 3.8) is 0 Å². The number of hydrogen-bond donors (Lipinski definition) is 0. The summed E-state index contributed by atoms with van der Waals surface area (Å²) >= 11 is 0. The zero-order chi connectivity index (χ0) is 19.8. The maximum absolute atomic E-state index is 11.4. The SMILES string of the molecule is CCC(=O)OC(C)Cc1ccc(-c2ccc(OCc3ccccc3)cc2)cc1. The molecule has 1 unspecified atom stereocenters. The molecule has 0 saturated heterocycles. The highest BCUT2D eigenvalue weighted by Crippen LogP contribution is 2.24. The smallest absolute Gasteiger partial charge is 0.305 e. The van der Waals surface area contributed by atoms with Crippen LogP contribution in [0.2, 0.25) is 0 Å². The minimum atomic E-state index is -0.154. The van der Waals surface area contributed by atoms with Gasteiger partial charge in [0.15, 0.2) is 0 Å². The second-order valence-electron chi connectivity index (χ2n) is 6.85. The Morgan fingerprint density at radius 1 is 0.821 bits per heavy atom. The summed E-state index contributed by atoms with van der Waals surface area (Å²) in [5, 5.41) is 0. The lowest BCUT2D eigenvalue weighted by atomic mass is 10.0. The van der Waals surface area contributed by atoms with Gasteiger partial charge in [0.1, 0.15) is 18.5 Å². The second kappa shape index (κ2) is 9.75. The minimum absolute atomic E-state index is 0.112. The summed E-state index contributed by atoms with van der Waals surface area (Å²) in [5.41, 5.74) is 4.60. The highest BCUT2D eigenvalue weighted by molar-refractivity contribution is 5.69. The van der Waals surface area contributed by atoms with Crippen LogP contribution in [0.25, 0.3) is 11.1 Å². The van der Waals surface area contributed by atoms with E-state index >= 15 is 0 Å². The van der Waals surface area contributed by atoms with E-state index < -0.39 is 0 Å². The van der Waals surface area contributed by atoms with E-state index in [4.69, 9.17) is 9.47 Å². The highest BCUT2D eigenvalue weighted by Gasteiger charge is 2.09. The molecule has 3 rings (SSSR count). The Balaban J connectivity index is 1.57. The van der Waals surface area contributed by atoms with Crippen LogP contribution in [0, 0.1) is 0 Å². The van der Waals surface area contributed by atoms with Crippen molar-refractivity contribution in [2.75, 3.05) is 0 Å². The summed E-state index contributed by atoms with van der Waals surface area (Å²) in [6.45, 7) is 4.30. The molecule has 0 N–H and O–H groups in total. The fourth-order valence-electron chi connectivity index (χ4n) is 3.00. The Kier molecular flexibility index (Phi) is 6.85. The molecule has 0 heterocycles. The van der Waals surface area contributed by atoms with E-state index in [1.807, 2.05) is 44.2 Å². The molecule has 0 aromatic heterocycles. The van der Waals surface area contributed by atoms with E-state index in [-0.39, 0.29) is 12.1 Å². The van der Waals surface area contributed by atoms with Gasteiger partial charge in [-0.05, 0) is 41.3 Å². The van der Waals surface area contributed by atoms with Crippen LogP contribution < -0.4 is 4.74 Å². The van der Waals surface area contributed by atoms with Crippen molar-refractivity contribution in [2.45, 2.75) is 39.4 Å². The van der Waals surface area contributed by atoms with Gasteiger partial charge in [-0.25, -0.2) is 0 Å². The molecule has 0 fully saturated rings. The summed E-state index contributed by atoms with van der Waals surface area (Å²) in [5.74, 6) is 0.703. The topological polar surface area (TPSA) is 35.5 Å². The zero-order valence-corrected chi connectivity index (χ0v) is 16.4. The third-order valence-electron chi connectivity index (χ3n) is 4.53. The summed E-state index contributed by atoms with van der Waals surface area (Å²) in [7, 11) is 0. The predicted molar refractivity (Wildman–Crippen MR) is 112 cm³/mol. The molecule has 0 aliphatic rings. The Morgan fingerprint density at radius 3 is 2.04 bits per heavy atom. The van der Waals surface area contributed by atoms with Gasteiger partial charge in [0.05, 0.1) is 0 Å². The van der Waals surface area contributed by atoms with Gasteiger partial charge in [0.25, 0.3) is 0 Å². The van der Waals surface area contributed by atoms with Crippen molar-refractivity contribution in [2.24, 2.45) is 0 Å². The van der Waals surface area contributed by atoms with Crippen molar-refractivity contribution < 1.29 is 14.3 Å². The van der Waals surface area contributed by atoms with E-state index in [0.717, 1.165) is 34.4 Å². The lowest BCUT2D eigenvalue weighted by Crippen LogP contribution is -2.16. The molecule has 0 spiro atoms. The van der Waals surface area contributed by atoms with Crippen LogP contribution in [-0.2, 0) is 22.6 Å². The molecule has 0 aliphatic carbocycles. The maximum Gasteiger partial charge on any atom is 0.305 e. The van der Waals surface area contributed by atoms with Gasteiger partial charge in [-0.2, -0.15) is 0 Å². The minimum Gasteiger partial charge on any atom is -0.489 e. The van der Waals surface area contributed by atoms with Crippen LogP contribution >= 0.6 is 0 Å². The third kappa shape index (κ3) is 5.71. The Hall–Kier alpha value is -3.07. The largest absolute Gasteiger partial charge is 0.489 e. The molecule has 3 aromatic carbocycles. The molecular formula is C25H26O3. The van der Waals surface area contributed by atoms with Gasteiger partial charge in [0.2, 0.25) is 0 Å². The van der Waals surface area contributed by atoms with Gasteiger partial charge in [0, 0.05) is 12.8 Å². The maximum atomic E-state index is 11.4. The van der Waals surface area contributed by atoms with Gasteiger partial charge in [-0.1, -0.05) is 73.7 Å². The number of ether oxygens (including phenoxy) is 2. The van der Waals surface area contributed by atoms with Crippen LogP contribution in [0.1, 0.15) is 31.4 Å². The van der Waals surface area contributed by atoms with Crippen molar-refractivity contribution in [3.05, 3.63) is 90.0 Å². The van der Waals surface area contributed by atoms with E-state index in [1.54, 1.807) is 0 Å². The number of esters is 1. The average molecular weight is 374 g/mol. The van der Waals surface area contributed by atoms with Crippen LogP contribution in [-0.4, -0.2) is 12.1 Å². The fourth-order valence-corrected chi connectivity index (χ4v) is 3.00. The molecule has 3 nitrogen and oxygen atoms in total. The molecule has 0 bridgehead atoms. The average Bonchev–Trinajstić information content (AvgIpc) is 2.74. The first-order valence-corrected chi connectivity index (χ1v) is 9.69. The van der Waals surface area contributed by atoms with E-state index in [9.17, 15) is 4.79 Å². The Bertz CT molecular complexity index is 868. The first-order chi connectivity index (χ1) is 13.6. The number of benzene rings is 3. The molecule has 3 aromatic rings. The Labute approximate surface area is 166 Å². The van der Waals surface area contributed by atoms with Gasteiger partial charge in [-0.3, -0.25) is 4.79 Å². The van der Waals surface area contributed by atoms with Crippen LogP contribution in [0.15, 0.2) is 78.9 Å². The summed E-state index contributed by atoms with van der Waals surface area (Å²) in [6, 6.07) is 26.7. The van der Waals surface area contributed by atoms with Gasteiger partial charge < -0.3 is 9.47 Å². The summed E-state index contributed by atoms with van der Waals surface area (Å²) in [6.07, 6.45) is 1.02. The van der Waals surface area contributed by atoms with Crippen LogP contribution in [0.3, 0.4) is 0 Å². The summed E-state index contributed by atoms with van der Waals surface area (Å²) < 4.78 is 11.2.